The maximum absolute atomic E-state index is 4.85. The van der Waals surface area contributed by atoms with E-state index in [0.29, 0.717) is 0 Å². The number of hydrogen-bond acceptors (Lipinski definition) is 5. The number of fused-ring (bicyclic) bond motifs is 6. The van der Waals surface area contributed by atoms with Crippen molar-refractivity contribution >= 4 is 39.4 Å². The SMILES string of the molecule is C1=CC2C(C=N1)c1ccccc1N2c1cccc(-c2ccc(-c3ccc(-c4cccc(-n5c6ccccc6c6cnccc65)c4)cn3)nc2)c1. The highest BCUT2D eigenvalue weighted by Crippen LogP contribution is 2.46. The molecule has 236 valence electrons. The van der Waals surface area contributed by atoms with Crippen molar-refractivity contribution in [2.24, 2.45) is 4.99 Å². The van der Waals surface area contributed by atoms with Gasteiger partial charge in [-0.2, -0.15) is 0 Å². The van der Waals surface area contributed by atoms with Crippen LogP contribution in [0.15, 0.2) is 169 Å². The Morgan fingerprint density at radius 1 is 0.540 bits per heavy atom. The molecular formula is C44H30N6. The van der Waals surface area contributed by atoms with Crippen molar-refractivity contribution in [2.75, 3.05) is 4.90 Å². The van der Waals surface area contributed by atoms with Gasteiger partial charge in [-0.3, -0.25) is 19.9 Å². The molecule has 50 heavy (non-hydrogen) atoms. The Balaban J connectivity index is 0.924. The van der Waals surface area contributed by atoms with Crippen LogP contribution in [0.2, 0.25) is 0 Å². The highest BCUT2D eigenvalue weighted by atomic mass is 15.2. The lowest BCUT2D eigenvalue weighted by atomic mass is 9.95. The second-order valence-electron chi connectivity index (χ2n) is 12.8. The van der Waals surface area contributed by atoms with Gasteiger partial charge in [0.25, 0.3) is 0 Å². The summed E-state index contributed by atoms with van der Waals surface area (Å²) in [6.07, 6.45) is 13.9. The Morgan fingerprint density at radius 2 is 1.24 bits per heavy atom. The highest BCUT2D eigenvalue weighted by molar-refractivity contribution is 6.08. The highest BCUT2D eigenvalue weighted by Gasteiger charge is 2.37. The van der Waals surface area contributed by atoms with Gasteiger partial charge in [-0.1, -0.05) is 72.8 Å². The Morgan fingerprint density at radius 3 is 2.02 bits per heavy atom. The van der Waals surface area contributed by atoms with Gasteiger partial charge < -0.3 is 9.47 Å². The van der Waals surface area contributed by atoms with Gasteiger partial charge in [-0.05, 0) is 77.4 Å². The van der Waals surface area contributed by atoms with Gasteiger partial charge in [0, 0.05) is 82.1 Å². The predicted molar refractivity (Wildman–Crippen MR) is 203 cm³/mol. The smallest absolute Gasteiger partial charge is 0.0886 e. The average molecular weight is 643 g/mol. The van der Waals surface area contributed by atoms with Crippen molar-refractivity contribution in [3.05, 3.63) is 170 Å². The fourth-order valence-corrected chi connectivity index (χ4v) is 7.65. The first kappa shape index (κ1) is 28.4. The molecule has 4 aromatic carbocycles. The molecule has 8 aromatic rings. The van der Waals surface area contributed by atoms with Crippen LogP contribution in [-0.2, 0) is 0 Å². The molecule has 0 aliphatic carbocycles. The summed E-state index contributed by atoms with van der Waals surface area (Å²) >= 11 is 0. The molecule has 0 fully saturated rings. The molecule has 6 heterocycles. The molecule has 6 nitrogen and oxygen atoms in total. The fourth-order valence-electron chi connectivity index (χ4n) is 7.65. The lowest BCUT2D eigenvalue weighted by molar-refractivity contribution is 0.780. The van der Waals surface area contributed by atoms with Crippen molar-refractivity contribution in [2.45, 2.75) is 12.0 Å². The van der Waals surface area contributed by atoms with Crippen molar-refractivity contribution in [1.82, 2.24) is 19.5 Å². The van der Waals surface area contributed by atoms with E-state index in [1.165, 1.54) is 16.6 Å². The Labute approximate surface area is 289 Å². The standard InChI is InChI=1S/C44H30N6/c1-3-13-41-35(11-1)37-27-45-21-19-43(37)49(41)33-9-5-7-29(23-33)31-15-17-39(47-25-31)40-18-16-32(26-48-40)30-8-6-10-34(24-30)50-42-14-4-2-12-36(42)38-28-46-22-20-44(38)50/h1-28,37,43H. The molecule has 4 aromatic heterocycles. The molecule has 0 amide bonds. The minimum absolute atomic E-state index is 0.211. The summed E-state index contributed by atoms with van der Waals surface area (Å²) in [4.78, 5) is 21.0. The molecule has 0 radical (unpaired) electrons. The van der Waals surface area contributed by atoms with E-state index < -0.39 is 0 Å². The summed E-state index contributed by atoms with van der Waals surface area (Å²) in [5, 5.41) is 2.34. The Bertz CT molecular complexity index is 2560. The Hall–Kier alpha value is -6.66. The minimum atomic E-state index is 0.211. The number of aromatic nitrogens is 4. The summed E-state index contributed by atoms with van der Waals surface area (Å²) < 4.78 is 2.31. The van der Waals surface area contributed by atoms with Crippen LogP contribution in [0.5, 0.6) is 0 Å². The normalized spacial score (nSPS) is 16.2. The van der Waals surface area contributed by atoms with Gasteiger partial charge in [0.05, 0.1) is 28.5 Å². The van der Waals surface area contributed by atoms with Crippen LogP contribution in [-0.4, -0.2) is 31.8 Å². The number of benzene rings is 4. The monoisotopic (exact) mass is 642 g/mol. The van der Waals surface area contributed by atoms with Crippen LogP contribution < -0.4 is 4.90 Å². The lowest BCUT2D eigenvalue weighted by Crippen LogP contribution is -2.29. The third-order valence-electron chi connectivity index (χ3n) is 10.00. The number of rotatable bonds is 5. The van der Waals surface area contributed by atoms with Crippen molar-refractivity contribution < 1.29 is 0 Å². The van der Waals surface area contributed by atoms with Crippen LogP contribution in [0, 0.1) is 0 Å². The van der Waals surface area contributed by atoms with Crippen LogP contribution in [0.4, 0.5) is 11.4 Å². The zero-order chi connectivity index (χ0) is 33.0. The van der Waals surface area contributed by atoms with E-state index in [0.717, 1.165) is 61.4 Å². The molecule has 0 N–H and O–H groups in total. The summed E-state index contributed by atoms with van der Waals surface area (Å²) in [5.74, 6) is 0.251. The maximum atomic E-state index is 4.85. The number of aliphatic imine (C=N–C) groups is 1. The summed E-state index contributed by atoms with van der Waals surface area (Å²) in [6.45, 7) is 0. The van der Waals surface area contributed by atoms with Gasteiger partial charge in [0.1, 0.15) is 0 Å². The average Bonchev–Trinajstić information content (AvgIpc) is 3.71. The van der Waals surface area contributed by atoms with Crippen molar-refractivity contribution in [1.29, 1.82) is 0 Å². The number of hydrogen-bond donors (Lipinski definition) is 0. The van der Waals surface area contributed by atoms with Gasteiger partial charge in [0.15, 0.2) is 0 Å². The summed E-state index contributed by atoms with van der Waals surface area (Å²) in [5.41, 5.74) is 13.1. The van der Waals surface area contributed by atoms with E-state index in [2.05, 4.69) is 159 Å². The third-order valence-corrected chi connectivity index (χ3v) is 10.00. The first-order valence-electron chi connectivity index (χ1n) is 16.9. The molecule has 2 aliphatic heterocycles. The molecular weight excluding hydrogens is 613 g/mol. The first-order chi connectivity index (χ1) is 24.8. The lowest BCUT2D eigenvalue weighted by Gasteiger charge is -2.28. The molecule has 0 spiro atoms. The molecule has 10 rings (SSSR count). The summed E-state index contributed by atoms with van der Waals surface area (Å²) in [7, 11) is 0. The van der Waals surface area contributed by atoms with Crippen LogP contribution in [0.3, 0.4) is 0 Å². The molecule has 6 heteroatoms. The van der Waals surface area contributed by atoms with E-state index in [1.807, 2.05) is 31.0 Å². The van der Waals surface area contributed by atoms with Crippen molar-refractivity contribution in [3.63, 3.8) is 0 Å². The quantitative estimate of drug-likeness (QED) is 0.187. The predicted octanol–water partition coefficient (Wildman–Crippen LogP) is 10.2. The van der Waals surface area contributed by atoms with E-state index in [9.17, 15) is 0 Å². The second kappa shape index (κ2) is 11.5. The number of anilines is 2. The van der Waals surface area contributed by atoms with E-state index >= 15 is 0 Å². The van der Waals surface area contributed by atoms with Crippen LogP contribution in [0.1, 0.15) is 11.5 Å². The van der Waals surface area contributed by atoms with E-state index in [1.54, 1.807) is 0 Å². The van der Waals surface area contributed by atoms with Gasteiger partial charge >= 0.3 is 0 Å². The van der Waals surface area contributed by atoms with Gasteiger partial charge in [-0.15, -0.1) is 0 Å². The molecule has 0 bridgehead atoms. The van der Waals surface area contributed by atoms with E-state index in [4.69, 9.17) is 9.97 Å². The maximum Gasteiger partial charge on any atom is 0.0886 e. The third kappa shape index (κ3) is 4.57. The fraction of sp³-hybridized carbons (Fsp3) is 0.0455. The second-order valence-corrected chi connectivity index (χ2v) is 12.8. The van der Waals surface area contributed by atoms with Crippen LogP contribution in [0.25, 0.3) is 61.1 Å². The summed E-state index contributed by atoms with van der Waals surface area (Å²) in [6, 6.07) is 45.1. The zero-order valence-corrected chi connectivity index (χ0v) is 27.0. The van der Waals surface area contributed by atoms with Crippen molar-refractivity contribution in [3.8, 4) is 39.3 Å². The van der Waals surface area contributed by atoms with Gasteiger partial charge in [-0.25, -0.2) is 0 Å². The molecule has 0 saturated carbocycles. The number of para-hydroxylation sites is 2. The molecule has 2 aliphatic rings. The van der Waals surface area contributed by atoms with E-state index in [-0.39, 0.29) is 12.0 Å². The zero-order valence-electron chi connectivity index (χ0n) is 27.0. The van der Waals surface area contributed by atoms with Gasteiger partial charge in [0.2, 0.25) is 0 Å². The number of pyridine rings is 3. The largest absolute Gasteiger partial charge is 0.333 e. The number of nitrogens with zero attached hydrogens (tertiary/aromatic N) is 6. The topological polar surface area (TPSA) is 59.2 Å². The first-order valence-corrected chi connectivity index (χ1v) is 16.9. The molecule has 2 atom stereocenters. The molecule has 0 saturated heterocycles. The molecule has 2 unspecified atom stereocenters. The minimum Gasteiger partial charge on any atom is -0.333 e. The Kier molecular flexibility index (Phi) is 6.52. The van der Waals surface area contributed by atoms with Crippen LogP contribution >= 0.6 is 0 Å².